The Bertz CT molecular complexity index is 887. The van der Waals surface area contributed by atoms with Gasteiger partial charge in [0.15, 0.2) is 0 Å². The van der Waals surface area contributed by atoms with Gasteiger partial charge in [-0.3, -0.25) is 9.78 Å². The molecule has 138 valence electrons. The van der Waals surface area contributed by atoms with Crippen LogP contribution in [0.25, 0.3) is 11.3 Å². The van der Waals surface area contributed by atoms with Crippen molar-refractivity contribution in [1.82, 2.24) is 10.3 Å². The number of ether oxygens (including phenoxy) is 1. The summed E-state index contributed by atoms with van der Waals surface area (Å²) in [6.45, 7) is 5.20. The molecule has 0 bridgehead atoms. The molecule has 4 heteroatoms. The molecule has 3 aromatic rings. The fraction of sp³-hybridized carbons (Fsp3) is 0.217. The molecule has 0 radical (unpaired) electrons. The van der Waals surface area contributed by atoms with Crippen molar-refractivity contribution in [3.63, 3.8) is 0 Å². The summed E-state index contributed by atoms with van der Waals surface area (Å²) in [6, 6.07) is 19.9. The van der Waals surface area contributed by atoms with E-state index in [0.29, 0.717) is 19.6 Å². The van der Waals surface area contributed by atoms with Crippen molar-refractivity contribution in [2.75, 3.05) is 6.61 Å². The van der Waals surface area contributed by atoms with E-state index < -0.39 is 0 Å². The fourth-order valence-electron chi connectivity index (χ4n) is 2.86. The summed E-state index contributed by atoms with van der Waals surface area (Å²) >= 11 is 0. The van der Waals surface area contributed by atoms with Crippen LogP contribution in [0, 0.1) is 6.92 Å². The predicted molar refractivity (Wildman–Crippen MR) is 108 cm³/mol. The highest BCUT2D eigenvalue weighted by Crippen LogP contribution is 2.21. The number of nitrogens with one attached hydrogen (secondary N) is 1. The van der Waals surface area contributed by atoms with Gasteiger partial charge >= 0.3 is 0 Å². The lowest BCUT2D eigenvalue weighted by Gasteiger charge is -2.07. The lowest BCUT2D eigenvalue weighted by atomic mass is 10.1. The topological polar surface area (TPSA) is 51.2 Å². The minimum Gasteiger partial charge on any atom is -0.494 e. The largest absolute Gasteiger partial charge is 0.494 e. The van der Waals surface area contributed by atoms with E-state index >= 15 is 0 Å². The van der Waals surface area contributed by atoms with E-state index in [1.54, 1.807) is 6.20 Å². The van der Waals surface area contributed by atoms with E-state index in [2.05, 4.69) is 16.4 Å². The maximum Gasteiger partial charge on any atom is 0.224 e. The van der Waals surface area contributed by atoms with Crippen LogP contribution >= 0.6 is 0 Å². The fourth-order valence-corrected chi connectivity index (χ4v) is 2.86. The van der Waals surface area contributed by atoms with Gasteiger partial charge < -0.3 is 10.1 Å². The number of carbonyl (C=O) groups excluding carboxylic acids is 1. The Hall–Kier alpha value is -3.14. The lowest BCUT2D eigenvalue weighted by molar-refractivity contribution is -0.120. The zero-order chi connectivity index (χ0) is 19.1. The first kappa shape index (κ1) is 18.6. The predicted octanol–water partition coefficient (Wildman–Crippen LogP) is 4.31. The van der Waals surface area contributed by atoms with Gasteiger partial charge in [-0.1, -0.05) is 35.9 Å². The number of pyridine rings is 1. The third-order valence-corrected chi connectivity index (χ3v) is 4.22. The van der Waals surface area contributed by atoms with Crippen LogP contribution in [0.1, 0.15) is 23.6 Å². The molecule has 0 aliphatic rings. The van der Waals surface area contributed by atoms with Crippen molar-refractivity contribution in [2.24, 2.45) is 0 Å². The molecule has 0 aliphatic heterocycles. The number of amides is 1. The first-order valence-corrected chi connectivity index (χ1v) is 9.14. The minimum atomic E-state index is -0.00729. The Morgan fingerprint density at radius 1 is 1.04 bits per heavy atom. The van der Waals surface area contributed by atoms with E-state index in [1.807, 2.05) is 68.4 Å². The summed E-state index contributed by atoms with van der Waals surface area (Å²) in [5, 5.41) is 2.96. The van der Waals surface area contributed by atoms with Crippen molar-refractivity contribution in [3.05, 3.63) is 83.6 Å². The first-order valence-electron chi connectivity index (χ1n) is 9.14. The molecule has 0 saturated heterocycles. The van der Waals surface area contributed by atoms with E-state index in [1.165, 1.54) is 5.56 Å². The summed E-state index contributed by atoms with van der Waals surface area (Å²) in [6.07, 6.45) is 2.08. The molecule has 0 fully saturated rings. The van der Waals surface area contributed by atoms with Crippen LogP contribution in [0.4, 0.5) is 0 Å². The number of hydrogen-bond acceptors (Lipinski definition) is 3. The monoisotopic (exact) mass is 360 g/mol. The summed E-state index contributed by atoms with van der Waals surface area (Å²) in [4.78, 5) is 16.7. The maximum atomic E-state index is 12.2. The number of benzene rings is 2. The molecule has 0 atom stereocenters. The molecular formula is C23H24N2O2. The van der Waals surface area contributed by atoms with Gasteiger partial charge in [0.05, 0.1) is 18.7 Å². The van der Waals surface area contributed by atoms with Gasteiger partial charge in [0.2, 0.25) is 5.91 Å². The second-order valence-electron chi connectivity index (χ2n) is 6.45. The van der Waals surface area contributed by atoms with Crippen LogP contribution in [-0.2, 0) is 17.8 Å². The van der Waals surface area contributed by atoms with Gasteiger partial charge in [-0.05, 0) is 55.3 Å². The van der Waals surface area contributed by atoms with E-state index in [9.17, 15) is 4.79 Å². The number of aryl methyl sites for hydroxylation is 1. The Labute approximate surface area is 160 Å². The first-order chi connectivity index (χ1) is 13.1. The zero-order valence-electron chi connectivity index (χ0n) is 15.7. The van der Waals surface area contributed by atoms with E-state index in [0.717, 1.165) is 28.1 Å². The average molecular weight is 360 g/mol. The quantitative estimate of drug-likeness (QED) is 0.683. The van der Waals surface area contributed by atoms with E-state index in [-0.39, 0.29) is 5.91 Å². The van der Waals surface area contributed by atoms with Crippen molar-refractivity contribution < 1.29 is 9.53 Å². The number of rotatable bonds is 7. The molecule has 3 rings (SSSR count). The molecule has 0 unspecified atom stereocenters. The van der Waals surface area contributed by atoms with Gasteiger partial charge in [0.25, 0.3) is 0 Å². The Morgan fingerprint density at radius 3 is 2.52 bits per heavy atom. The lowest BCUT2D eigenvalue weighted by Crippen LogP contribution is -2.24. The van der Waals surface area contributed by atoms with Gasteiger partial charge in [0.1, 0.15) is 5.75 Å². The van der Waals surface area contributed by atoms with Gasteiger partial charge in [-0.25, -0.2) is 0 Å². The highest BCUT2D eigenvalue weighted by molar-refractivity contribution is 5.78. The Balaban J connectivity index is 1.56. The molecule has 0 spiro atoms. The maximum absolute atomic E-state index is 12.2. The summed E-state index contributed by atoms with van der Waals surface area (Å²) < 4.78 is 5.46. The van der Waals surface area contributed by atoms with Crippen molar-refractivity contribution in [2.45, 2.75) is 26.8 Å². The van der Waals surface area contributed by atoms with Gasteiger partial charge in [0, 0.05) is 18.3 Å². The number of hydrogen-bond donors (Lipinski definition) is 1. The molecule has 2 aromatic carbocycles. The third kappa shape index (κ3) is 5.42. The molecular weight excluding hydrogens is 336 g/mol. The second kappa shape index (κ2) is 8.99. The van der Waals surface area contributed by atoms with Crippen molar-refractivity contribution in [1.29, 1.82) is 0 Å². The van der Waals surface area contributed by atoms with Gasteiger partial charge in [-0.15, -0.1) is 0 Å². The van der Waals surface area contributed by atoms with Crippen molar-refractivity contribution in [3.8, 4) is 17.0 Å². The van der Waals surface area contributed by atoms with Crippen LogP contribution < -0.4 is 10.1 Å². The molecule has 27 heavy (non-hydrogen) atoms. The molecule has 1 aromatic heterocycles. The summed E-state index contributed by atoms with van der Waals surface area (Å²) in [5.41, 5.74) is 5.09. The molecule has 4 nitrogen and oxygen atoms in total. The summed E-state index contributed by atoms with van der Waals surface area (Å²) in [7, 11) is 0. The SMILES string of the molecule is CCOc1ccc(-c2ccc(CC(=O)NCc3cccc(C)c3)cn2)cc1. The second-order valence-corrected chi connectivity index (χ2v) is 6.45. The molecule has 0 aliphatic carbocycles. The van der Waals surface area contributed by atoms with Crippen LogP contribution in [0.3, 0.4) is 0 Å². The highest BCUT2D eigenvalue weighted by Gasteiger charge is 2.06. The molecule has 1 amide bonds. The Morgan fingerprint density at radius 2 is 1.85 bits per heavy atom. The zero-order valence-corrected chi connectivity index (χ0v) is 15.7. The highest BCUT2D eigenvalue weighted by atomic mass is 16.5. The van der Waals surface area contributed by atoms with Crippen LogP contribution in [-0.4, -0.2) is 17.5 Å². The average Bonchev–Trinajstić information content (AvgIpc) is 2.68. The normalized spacial score (nSPS) is 10.4. The molecule has 1 N–H and O–H groups in total. The minimum absolute atomic E-state index is 0.00729. The Kier molecular flexibility index (Phi) is 6.21. The third-order valence-electron chi connectivity index (χ3n) is 4.22. The summed E-state index contributed by atoms with van der Waals surface area (Å²) in [5.74, 6) is 0.843. The number of nitrogens with zero attached hydrogens (tertiary/aromatic N) is 1. The smallest absolute Gasteiger partial charge is 0.224 e. The van der Waals surface area contributed by atoms with Crippen LogP contribution in [0.2, 0.25) is 0 Å². The number of carbonyl (C=O) groups is 1. The standard InChI is InChI=1S/C23H24N2O2/c1-3-27-21-10-8-20(9-11-21)22-12-7-19(15-24-22)14-23(26)25-16-18-6-4-5-17(2)13-18/h4-13,15H,3,14,16H2,1-2H3,(H,25,26). The van der Waals surface area contributed by atoms with Crippen molar-refractivity contribution >= 4 is 5.91 Å². The van der Waals surface area contributed by atoms with Crippen LogP contribution in [0.15, 0.2) is 66.9 Å². The van der Waals surface area contributed by atoms with Crippen LogP contribution in [0.5, 0.6) is 5.75 Å². The molecule has 1 heterocycles. The van der Waals surface area contributed by atoms with Gasteiger partial charge in [-0.2, -0.15) is 0 Å². The van der Waals surface area contributed by atoms with E-state index in [4.69, 9.17) is 4.74 Å². The molecule has 0 saturated carbocycles. The number of aromatic nitrogens is 1.